The predicted molar refractivity (Wildman–Crippen MR) is 136 cm³/mol. The van der Waals surface area contributed by atoms with E-state index in [1.165, 1.54) is 0 Å². The summed E-state index contributed by atoms with van der Waals surface area (Å²) in [5.74, 6) is 2.61. The second kappa shape index (κ2) is 10.0. The smallest absolute Gasteiger partial charge is 0.302 e. The maximum absolute atomic E-state index is 9.75. The summed E-state index contributed by atoms with van der Waals surface area (Å²) in [6, 6.07) is 24.8. The molecule has 1 aromatic heterocycles. The van der Waals surface area contributed by atoms with Gasteiger partial charge in [0.2, 0.25) is 5.82 Å². The van der Waals surface area contributed by atoms with E-state index in [9.17, 15) is 5.11 Å². The number of rotatable bonds is 8. The maximum Gasteiger partial charge on any atom is 0.302 e. The van der Waals surface area contributed by atoms with Crippen LogP contribution < -0.4 is 11.1 Å². The molecule has 5 rings (SSSR count). The maximum atomic E-state index is 9.75. The van der Waals surface area contributed by atoms with Gasteiger partial charge < -0.3 is 25.6 Å². The van der Waals surface area contributed by atoms with Gasteiger partial charge >= 0.3 is 6.29 Å². The molecule has 0 fully saturated rings. The van der Waals surface area contributed by atoms with Gasteiger partial charge in [-0.2, -0.15) is 0 Å². The van der Waals surface area contributed by atoms with Gasteiger partial charge in [-0.25, -0.2) is 9.97 Å². The summed E-state index contributed by atoms with van der Waals surface area (Å²) >= 11 is 0. The first-order valence-electron chi connectivity index (χ1n) is 11.8. The third kappa shape index (κ3) is 5.05. The van der Waals surface area contributed by atoms with E-state index < -0.39 is 6.29 Å². The number of hydrogen-bond donors (Lipinski definition) is 3. The number of para-hydroxylation sites is 1. The van der Waals surface area contributed by atoms with Gasteiger partial charge in [-0.3, -0.25) is 0 Å². The lowest BCUT2D eigenvalue weighted by atomic mass is 10.1. The number of nitrogens with zero attached hydrogens (tertiary/aromatic N) is 2. The quantitative estimate of drug-likeness (QED) is 0.329. The molecule has 1 aliphatic rings. The van der Waals surface area contributed by atoms with E-state index in [1.807, 2.05) is 66.7 Å². The molecule has 7 heteroatoms. The van der Waals surface area contributed by atoms with Crippen LogP contribution in [0.2, 0.25) is 0 Å². The van der Waals surface area contributed by atoms with E-state index in [4.69, 9.17) is 25.2 Å². The summed E-state index contributed by atoms with van der Waals surface area (Å²) in [6.07, 6.45) is 0.612. The van der Waals surface area contributed by atoms with Crippen LogP contribution in [0.1, 0.15) is 36.6 Å². The number of anilines is 1. The third-order valence-electron chi connectivity index (χ3n) is 5.95. The van der Waals surface area contributed by atoms with Gasteiger partial charge in [-0.15, -0.1) is 0 Å². The van der Waals surface area contributed by atoms with Crippen LogP contribution in [0.4, 0.5) is 5.82 Å². The molecular weight excluding hydrogens is 440 g/mol. The van der Waals surface area contributed by atoms with Gasteiger partial charge in [0.15, 0.2) is 5.76 Å². The molecule has 178 valence electrons. The lowest BCUT2D eigenvalue weighted by molar-refractivity contribution is -0.0348. The fraction of sp³-hybridized carbons (Fsp3) is 0.214. The molecule has 0 spiro atoms. The molecule has 0 amide bonds. The topological polar surface area (TPSA) is 103 Å². The zero-order chi connectivity index (χ0) is 24.2. The van der Waals surface area contributed by atoms with Gasteiger partial charge in [0.25, 0.3) is 0 Å². The molecule has 0 bridgehead atoms. The Morgan fingerprint density at radius 1 is 0.943 bits per heavy atom. The minimum absolute atomic E-state index is 0.0198. The van der Waals surface area contributed by atoms with Crippen LogP contribution in [-0.4, -0.2) is 27.7 Å². The van der Waals surface area contributed by atoms with E-state index in [1.54, 1.807) is 12.1 Å². The van der Waals surface area contributed by atoms with Crippen molar-refractivity contribution >= 4 is 22.5 Å². The fourth-order valence-electron chi connectivity index (χ4n) is 3.94. The number of phenols is 1. The first kappa shape index (κ1) is 22.7. The van der Waals surface area contributed by atoms with Crippen molar-refractivity contribution in [1.82, 2.24) is 9.97 Å². The molecule has 1 aliphatic heterocycles. The number of aromatic nitrogens is 2. The molecule has 7 nitrogen and oxygen atoms in total. The highest BCUT2D eigenvalue weighted by Crippen LogP contribution is 2.39. The molecule has 0 saturated carbocycles. The van der Waals surface area contributed by atoms with E-state index in [0.717, 1.165) is 28.5 Å². The molecule has 3 aromatic carbocycles. The highest BCUT2D eigenvalue weighted by Gasteiger charge is 2.32. The van der Waals surface area contributed by atoms with E-state index in [-0.39, 0.29) is 11.8 Å². The van der Waals surface area contributed by atoms with Gasteiger partial charge in [0.1, 0.15) is 17.3 Å². The Labute approximate surface area is 204 Å². The van der Waals surface area contributed by atoms with Gasteiger partial charge in [0.05, 0.1) is 5.52 Å². The van der Waals surface area contributed by atoms with E-state index in [2.05, 4.69) is 12.2 Å². The average molecular weight is 469 g/mol. The van der Waals surface area contributed by atoms with Crippen molar-refractivity contribution < 1.29 is 14.6 Å². The largest absolute Gasteiger partial charge is 0.508 e. The molecule has 1 unspecified atom stereocenters. The second-order valence-electron chi connectivity index (χ2n) is 8.53. The van der Waals surface area contributed by atoms with Crippen molar-refractivity contribution in [2.24, 2.45) is 5.73 Å². The molecular formula is C28H28N4O3. The lowest BCUT2D eigenvalue weighted by Crippen LogP contribution is -2.28. The SMILES string of the molecule is CC[C@H](N)CNc1nc(C2OC(Cc3ccccc3)=C(c3ccc(O)cc3)O2)nc2ccccc12. The number of benzene rings is 3. The zero-order valence-electron chi connectivity index (χ0n) is 19.5. The average Bonchev–Trinajstić information content (AvgIpc) is 3.31. The monoisotopic (exact) mass is 468 g/mol. The molecule has 0 aliphatic carbocycles. The van der Waals surface area contributed by atoms with Crippen LogP contribution in [0.5, 0.6) is 5.75 Å². The number of fused-ring (bicyclic) bond motifs is 1. The Kier molecular flexibility index (Phi) is 6.50. The van der Waals surface area contributed by atoms with Crippen molar-refractivity contribution in [2.45, 2.75) is 32.1 Å². The molecule has 35 heavy (non-hydrogen) atoms. The van der Waals surface area contributed by atoms with Crippen LogP contribution in [0.3, 0.4) is 0 Å². The summed E-state index contributed by atoms with van der Waals surface area (Å²) in [4.78, 5) is 9.53. The molecule has 4 N–H and O–H groups in total. The first-order valence-corrected chi connectivity index (χ1v) is 11.8. The molecule has 2 atom stereocenters. The Hall–Kier alpha value is -4.10. The number of aromatic hydroxyl groups is 1. The molecule has 0 radical (unpaired) electrons. The van der Waals surface area contributed by atoms with E-state index in [0.29, 0.717) is 36.1 Å². The Morgan fingerprint density at radius 2 is 1.69 bits per heavy atom. The molecule has 0 saturated heterocycles. The van der Waals surface area contributed by atoms with Crippen molar-refractivity contribution in [2.75, 3.05) is 11.9 Å². The van der Waals surface area contributed by atoms with Gasteiger partial charge in [-0.05, 0) is 48.4 Å². The highest BCUT2D eigenvalue weighted by atomic mass is 16.7. The number of hydrogen-bond acceptors (Lipinski definition) is 7. The van der Waals surface area contributed by atoms with Crippen molar-refractivity contribution in [1.29, 1.82) is 0 Å². The van der Waals surface area contributed by atoms with Crippen LogP contribution in [0, 0.1) is 0 Å². The second-order valence-corrected chi connectivity index (χ2v) is 8.53. The highest BCUT2D eigenvalue weighted by molar-refractivity contribution is 5.89. The Balaban J connectivity index is 1.49. The van der Waals surface area contributed by atoms with Crippen molar-refractivity contribution in [3.8, 4) is 5.75 Å². The standard InChI is InChI=1S/C28H28N4O3/c1-2-20(29)17-30-26-22-10-6-7-11-23(22)31-27(32-26)28-34-24(16-18-8-4-3-5-9-18)25(35-28)19-12-14-21(33)15-13-19/h3-15,20,28,33H,2,16-17,29H2,1H3,(H,30,31,32)/t20-,28?/m0/s1. The lowest BCUT2D eigenvalue weighted by Gasteiger charge is -2.16. The summed E-state index contributed by atoms with van der Waals surface area (Å²) in [7, 11) is 0. The van der Waals surface area contributed by atoms with Crippen molar-refractivity contribution in [3.63, 3.8) is 0 Å². The number of phenolic OH excluding ortho intramolecular Hbond substituents is 1. The van der Waals surface area contributed by atoms with Crippen LogP contribution in [0.25, 0.3) is 16.7 Å². The number of ether oxygens (including phenoxy) is 2. The summed E-state index contributed by atoms with van der Waals surface area (Å²) in [5.41, 5.74) is 8.83. The molecule has 4 aromatic rings. The predicted octanol–water partition coefficient (Wildman–Crippen LogP) is 5.14. The van der Waals surface area contributed by atoms with Crippen LogP contribution in [0.15, 0.2) is 84.6 Å². The van der Waals surface area contributed by atoms with Gasteiger partial charge in [0, 0.05) is 30.0 Å². The minimum Gasteiger partial charge on any atom is -0.508 e. The normalized spacial score (nSPS) is 16.1. The van der Waals surface area contributed by atoms with Crippen LogP contribution >= 0.6 is 0 Å². The first-order chi connectivity index (χ1) is 17.1. The summed E-state index contributed by atoms with van der Waals surface area (Å²) < 4.78 is 12.6. The Morgan fingerprint density at radius 3 is 2.46 bits per heavy atom. The summed E-state index contributed by atoms with van der Waals surface area (Å²) in [6.45, 7) is 2.65. The number of nitrogens with two attached hydrogens (primary N) is 1. The summed E-state index contributed by atoms with van der Waals surface area (Å²) in [5, 5.41) is 14.0. The van der Waals surface area contributed by atoms with E-state index >= 15 is 0 Å². The minimum atomic E-state index is -0.803. The van der Waals surface area contributed by atoms with Gasteiger partial charge in [-0.1, -0.05) is 49.4 Å². The molecule has 2 heterocycles. The fourth-order valence-corrected chi connectivity index (χ4v) is 3.94. The van der Waals surface area contributed by atoms with Crippen LogP contribution in [-0.2, 0) is 15.9 Å². The number of allylic oxidation sites excluding steroid dienone is 1. The third-order valence-corrected chi connectivity index (χ3v) is 5.95. The number of nitrogens with one attached hydrogen (secondary N) is 1. The zero-order valence-corrected chi connectivity index (χ0v) is 19.5. The Bertz CT molecular complexity index is 1340. The van der Waals surface area contributed by atoms with Crippen molar-refractivity contribution in [3.05, 3.63) is 102 Å².